The molecule has 1 unspecified atom stereocenters. The van der Waals surface area contributed by atoms with Crippen LogP contribution in [0.15, 0.2) is 0 Å². The quantitative estimate of drug-likeness (QED) is 0.402. The van der Waals surface area contributed by atoms with Gasteiger partial charge in [0, 0.05) is 4.83 Å². The molecule has 0 saturated heterocycles. The van der Waals surface area contributed by atoms with Gasteiger partial charge in [0.1, 0.15) is 0 Å². The van der Waals surface area contributed by atoms with Gasteiger partial charge < -0.3 is 0 Å². The van der Waals surface area contributed by atoms with Crippen LogP contribution in [0.5, 0.6) is 0 Å². The van der Waals surface area contributed by atoms with Crippen molar-refractivity contribution < 1.29 is 5.11 Å². The second-order valence-corrected chi connectivity index (χ2v) is 5.67. The highest BCUT2D eigenvalue weighted by Gasteiger charge is 1.95. The van der Waals surface area contributed by atoms with Crippen LogP contribution >= 0.6 is 15.9 Å². The smallest absolute Gasteiger partial charge is 0.0822 e. The number of alkyl halides is 1. The molecule has 0 N–H and O–H groups in total. The molecule has 0 aliphatic rings. The molecule has 0 aromatic rings. The highest BCUT2D eigenvalue weighted by Crippen LogP contribution is 2.13. The summed E-state index contributed by atoms with van der Waals surface area (Å²) >= 11 is 3.56. The van der Waals surface area contributed by atoms with E-state index in [9.17, 15) is 5.11 Å². The zero-order chi connectivity index (χ0) is 10.6. The van der Waals surface area contributed by atoms with Crippen molar-refractivity contribution in [3.05, 3.63) is 0 Å². The molecule has 0 rings (SSSR count). The van der Waals surface area contributed by atoms with E-state index < -0.39 is 0 Å². The summed E-state index contributed by atoms with van der Waals surface area (Å²) in [6.07, 6.45) is 11.4. The molecule has 0 aliphatic heterocycles. The van der Waals surface area contributed by atoms with Crippen molar-refractivity contribution in [2.45, 2.75) is 69.5 Å². The first kappa shape index (κ1) is 14.4. The molecule has 14 heavy (non-hydrogen) atoms. The van der Waals surface area contributed by atoms with Crippen molar-refractivity contribution in [1.29, 1.82) is 0 Å². The summed E-state index contributed by atoms with van der Waals surface area (Å²) in [7, 11) is 0. The monoisotopic (exact) mass is 263 g/mol. The molecule has 0 aliphatic carbocycles. The molecule has 0 bridgehead atoms. The summed E-state index contributed by atoms with van der Waals surface area (Å²) in [5.41, 5.74) is 0. The van der Waals surface area contributed by atoms with Gasteiger partial charge in [-0.1, -0.05) is 67.8 Å². The Morgan fingerprint density at radius 2 is 1.29 bits per heavy atom. The first-order valence-corrected chi connectivity index (χ1v) is 6.91. The fraction of sp³-hybridized carbons (Fsp3) is 1.00. The van der Waals surface area contributed by atoms with E-state index in [0.29, 0.717) is 4.83 Å². The lowest BCUT2D eigenvalue weighted by molar-refractivity contribution is 0.186. The molecule has 1 atom stereocenters. The Labute approximate surface area is 97.4 Å². The lowest BCUT2D eigenvalue weighted by Gasteiger charge is -2.03. The third-order valence-corrected chi connectivity index (χ3v) is 2.95. The molecule has 0 amide bonds. The van der Waals surface area contributed by atoms with Gasteiger partial charge in [-0.05, 0) is 12.8 Å². The molecule has 1 nitrogen and oxygen atoms in total. The molecule has 1 radical (unpaired) electrons. The van der Waals surface area contributed by atoms with Gasteiger partial charge in [0.15, 0.2) is 0 Å². The average molecular weight is 264 g/mol. The van der Waals surface area contributed by atoms with Crippen molar-refractivity contribution in [3.63, 3.8) is 0 Å². The average Bonchev–Trinajstić information content (AvgIpc) is 2.15. The van der Waals surface area contributed by atoms with Gasteiger partial charge in [0.2, 0.25) is 0 Å². The van der Waals surface area contributed by atoms with Gasteiger partial charge in [-0.25, -0.2) is 5.11 Å². The van der Waals surface area contributed by atoms with Crippen LogP contribution in [-0.2, 0) is 5.11 Å². The van der Waals surface area contributed by atoms with Crippen LogP contribution in [0, 0.1) is 0 Å². The SMILES string of the molecule is CC(Br)CCCCCCCCCC[O]. The highest BCUT2D eigenvalue weighted by atomic mass is 79.9. The van der Waals surface area contributed by atoms with Gasteiger partial charge in [-0.15, -0.1) is 0 Å². The third-order valence-electron chi connectivity index (χ3n) is 2.50. The fourth-order valence-corrected chi connectivity index (χ4v) is 1.91. The molecule has 0 saturated carbocycles. The standard InChI is InChI=1S/C12H24BrO/c1-12(13)10-8-6-4-2-3-5-7-9-11-14/h12H,2-11H2,1H3. The molecular formula is C12H24BrO. The Balaban J connectivity index is 2.85. The minimum atomic E-state index is 0.114. The van der Waals surface area contributed by atoms with Crippen LogP contribution in [0.2, 0.25) is 0 Å². The van der Waals surface area contributed by atoms with Crippen molar-refractivity contribution in [2.24, 2.45) is 0 Å². The molecule has 0 aromatic heterocycles. The fourth-order valence-electron chi connectivity index (χ4n) is 1.59. The van der Waals surface area contributed by atoms with Crippen LogP contribution in [0.4, 0.5) is 0 Å². The van der Waals surface area contributed by atoms with Gasteiger partial charge in [-0.3, -0.25) is 0 Å². The Bertz CT molecular complexity index is 104. The Morgan fingerprint density at radius 3 is 1.71 bits per heavy atom. The van der Waals surface area contributed by atoms with Crippen LogP contribution in [0.3, 0.4) is 0 Å². The minimum Gasteiger partial charge on any atom is -0.237 e. The van der Waals surface area contributed by atoms with Crippen LogP contribution < -0.4 is 0 Å². The van der Waals surface area contributed by atoms with E-state index in [1.807, 2.05) is 0 Å². The largest absolute Gasteiger partial charge is 0.237 e. The normalized spacial score (nSPS) is 13.1. The molecule has 2 heteroatoms. The lowest BCUT2D eigenvalue weighted by Crippen LogP contribution is -1.89. The second kappa shape index (κ2) is 11.5. The topological polar surface area (TPSA) is 19.9 Å². The zero-order valence-corrected chi connectivity index (χ0v) is 11.0. The van der Waals surface area contributed by atoms with Crippen molar-refractivity contribution >= 4 is 15.9 Å². The van der Waals surface area contributed by atoms with Gasteiger partial charge >= 0.3 is 0 Å². The van der Waals surface area contributed by atoms with E-state index in [-0.39, 0.29) is 6.61 Å². The molecular weight excluding hydrogens is 240 g/mol. The second-order valence-electron chi connectivity index (χ2n) is 4.10. The predicted molar refractivity (Wildman–Crippen MR) is 65.5 cm³/mol. The van der Waals surface area contributed by atoms with Crippen LogP contribution in [0.1, 0.15) is 64.7 Å². The Kier molecular flexibility index (Phi) is 11.9. The summed E-state index contributed by atoms with van der Waals surface area (Å²) in [5.74, 6) is 0. The maximum absolute atomic E-state index is 10.2. The maximum Gasteiger partial charge on any atom is 0.0822 e. The predicted octanol–water partition coefficient (Wildman–Crippen LogP) is 4.71. The van der Waals surface area contributed by atoms with Gasteiger partial charge in [0.05, 0.1) is 6.61 Å². The Morgan fingerprint density at radius 1 is 0.857 bits per heavy atom. The summed E-state index contributed by atoms with van der Waals surface area (Å²) < 4.78 is 0. The first-order chi connectivity index (χ1) is 6.77. The molecule has 0 heterocycles. The van der Waals surface area contributed by atoms with E-state index in [0.717, 1.165) is 12.8 Å². The number of halogens is 1. The number of unbranched alkanes of at least 4 members (excludes halogenated alkanes) is 7. The summed E-state index contributed by atoms with van der Waals surface area (Å²) in [5, 5.41) is 10.2. The molecule has 0 fully saturated rings. The maximum atomic E-state index is 10.2. The number of hydrogen-bond donors (Lipinski definition) is 0. The molecule has 0 spiro atoms. The van der Waals surface area contributed by atoms with E-state index in [4.69, 9.17) is 0 Å². The summed E-state index contributed by atoms with van der Waals surface area (Å²) in [6, 6.07) is 0. The minimum absolute atomic E-state index is 0.114. The van der Waals surface area contributed by atoms with Crippen molar-refractivity contribution in [3.8, 4) is 0 Å². The first-order valence-electron chi connectivity index (χ1n) is 5.99. The van der Waals surface area contributed by atoms with Gasteiger partial charge in [0.25, 0.3) is 0 Å². The lowest BCUT2D eigenvalue weighted by atomic mass is 10.1. The third kappa shape index (κ3) is 12.4. The van der Waals surface area contributed by atoms with Crippen molar-refractivity contribution in [2.75, 3.05) is 6.61 Å². The molecule has 85 valence electrons. The molecule has 0 aromatic carbocycles. The Hall–Kier alpha value is 0.440. The van der Waals surface area contributed by atoms with E-state index >= 15 is 0 Å². The highest BCUT2D eigenvalue weighted by molar-refractivity contribution is 9.09. The number of hydrogen-bond acceptors (Lipinski definition) is 0. The summed E-state index contributed by atoms with van der Waals surface area (Å²) in [4.78, 5) is 0.680. The van der Waals surface area contributed by atoms with Gasteiger partial charge in [-0.2, -0.15) is 0 Å². The van der Waals surface area contributed by atoms with E-state index in [2.05, 4.69) is 22.9 Å². The van der Waals surface area contributed by atoms with E-state index in [1.54, 1.807) is 0 Å². The van der Waals surface area contributed by atoms with Crippen molar-refractivity contribution in [1.82, 2.24) is 0 Å². The van der Waals surface area contributed by atoms with E-state index in [1.165, 1.54) is 44.9 Å². The van der Waals surface area contributed by atoms with Crippen LogP contribution in [0.25, 0.3) is 0 Å². The summed E-state index contributed by atoms with van der Waals surface area (Å²) in [6.45, 7) is 2.33. The zero-order valence-electron chi connectivity index (χ0n) is 9.43. The number of rotatable bonds is 10. The van der Waals surface area contributed by atoms with Crippen LogP contribution in [-0.4, -0.2) is 11.4 Å².